The molecule has 0 aliphatic heterocycles. The Bertz CT molecular complexity index is 663. The average Bonchev–Trinajstić information content (AvgIpc) is 2.82. The van der Waals surface area contributed by atoms with Gasteiger partial charge in [0, 0.05) is 10.5 Å². The Morgan fingerprint density at radius 3 is 3.00 bits per heavy atom. The van der Waals surface area contributed by atoms with Crippen LogP contribution in [0.25, 0.3) is 0 Å². The molecule has 0 saturated heterocycles. The minimum atomic E-state index is -0.441. The monoisotopic (exact) mass is 312 g/mol. The third-order valence-corrected chi connectivity index (χ3v) is 4.26. The second-order valence-corrected chi connectivity index (χ2v) is 5.55. The Kier molecular flexibility index (Phi) is 4.84. The number of esters is 1. The molecule has 0 N–H and O–H groups in total. The van der Waals surface area contributed by atoms with Crippen LogP contribution in [-0.4, -0.2) is 16.9 Å². The van der Waals surface area contributed by atoms with Crippen molar-refractivity contribution >= 4 is 44.1 Å². The number of benzene rings is 1. The van der Waals surface area contributed by atoms with Crippen molar-refractivity contribution in [3.63, 3.8) is 0 Å². The lowest BCUT2D eigenvalue weighted by molar-refractivity contribution is 0.0550. The summed E-state index contributed by atoms with van der Waals surface area (Å²) in [6, 6.07) is 6.93. The molecule has 7 heteroatoms. The highest BCUT2D eigenvalue weighted by atomic mass is 35.5. The summed E-state index contributed by atoms with van der Waals surface area (Å²) in [5.74, 6) is -0.441. The lowest BCUT2D eigenvalue weighted by atomic mass is 10.2. The van der Waals surface area contributed by atoms with Crippen molar-refractivity contribution in [1.29, 1.82) is 0 Å². The van der Waals surface area contributed by atoms with Gasteiger partial charge in [-0.05, 0) is 22.5 Å². The van der Waals surface area contributed by atoms with E-state index in [0.717, 1.165) is 0 Å². The van der Waals surface area contributed by atoms with Gasteiger partial charge >= 0.3 is 5.97 Å². The molecule has 0 bridgehead atoms. The van der Waals surface area contributed by atoms with E-state index in [1.54, 1.807) is 24.3 Å². The van der Waals surface area contributed by atoms with E-state index in [0.29, 0.717) is 21.1 Å². The maximum atomic E-state index is 11.9. The number of nitrogens with zero attached hydrogens (tertiary/aromatic N) is 2. The second kappa shape index (κ2) is 6.60. The van der Waals surface area contributed by atoms with Gasteiger partial charge in [0.2, 0.25) is 0 Å². The van der Waals surface area contributed by atoms with Crippen LogP contribution < -0.4 is 4.67 Å². The average molecular weight is 313 g/mol. The van der Waals surface area contributed by atoms with Crippen molar-refractivity contribution in [2.45, 2.75) is 0 Å². The van der Waals surface area contributed by atoms with E-state index in [2.05, 4.69) is 15.9 Å². The number of halogens is 1. The zero-order valence-corrected chi connectivity index (χ0v) is 12.1. The van der Waals surface area contributed by atoms with E-state index in [1.807, 2.05) is 0 Å². The highest BCUT2D eigenvalue weighted by Crippen LogP contribution is 2.20. The van der Waals surface area contributed by atoms with Crippen LogP contribution in [0.1, 0.15) is 10.4 Å². The molecule has 0 fully saturated rings. The molecule has 0 radical (unpaired) electrons. The van der Waals surface area contributed by atoms with E-state index in [1.165, 1.54) is 27.0 Å². The van der Waals surface area contributed by atoms with Crippen LogP contribution in [0.4, 0.5) is 5.69 Å². The first kappa shape index (κ1) is 13.9. The van der Waals surface area contributed by atoms with Gasteiger partial charge in [-0.2, -0.15) is 4.37 Å². The molecule has 98 valence electrons. The molecule has 1 aromatic heterocycles. The molecule has 0 saturated carbocycles. The topological polar surface area (TPSA) is 51.5 Å². The quantitative estimate of drug-likeness (QED) is 0.494. The van der Waals surface area contributed by atoms with E-state index in [-0.39, 0.29) is 6.61 Å². The maximum absolute atomic E-state index is 11.9. The van der Waals surface area contributed by atoms with Gasteiger partial charge in [-0.25, -0.2) is 9.79 Å². The van der Waals surface area contributed by atoms with Crippen LogP contribution in [0.2, 0.25) is 5.15 Å². The Balaban J connectivity index is 2.40. The molecule has 2 rings (SSSR count). The summed E-state index contributed by atoms with van der Waals surface area (Å²) in [4.78, 5) is 16.2. The Morgan fingerprint density at radius 1 is 1.53 bits per heavy atom. The van der Waals surface area contributed by atoms with Gasteiger partial charge in [-0.15, -0.1) is 0 Å². The van der Waals surface area contributed by atoms with Gasteiger partial charge in [0.15, 0.2) is 9.82 Å². The van der Waals surface area contributed by atoms with Crippen LogP contribution in [0.3, 0.4) is 0 Å². The van der Waals surface area contributed by atoms with Crippen molar-refractivity contribution < 1.29 is 9.53 Å². The summed E-state index contributed by atoms with van der Waals surface area (Å²) < 4.78 is 9.53. The van der Waals surface area contributed by atoms with Crippen molar-refractivity contribution in [2.75, 3.05) is 6.61 Å². The Labute approximate surface area is 122 Å². The minimum absolute atomic E-state index is 0.163. The molecule has 0 atom stereocenters. The van der Waals surface area contributed by atoms with E-state index < -0.39 is 5.97 Å². The fourth-order valence-electron chi connectivity index (χ4n) is 1.29. The molecule has 0 aliphatic rings. The Morgan fingerprint density at radius 2 is 2.32 bits per heavy atom. The van der Waals surface area contributed by atoms with Crippen LogP contribution in [0.15, 0.2) is 41.9 Å². The van der Waals surface area contributed by atoms with Crippen molar-refractivity contribution in [3.05, 3.63) is 52.3 Å². The summed E-state index contributed by atoms with van der Waals surface area (Å²) in [7, 11) is 2.60. The summed E-state index contributed by atoms with van der Waals surface area (Å²) in [5.41, 5.74) is 0.897. The molecule has 2 aromatic rings. The maximum Gasteiger partial charge on any atom is 0.340 e. The van der Waals surface area contributed by atoms with Gasteiger partial charge in [0.05, 0.1) is 11.3 Å². The lowest BCUT2D eigenvalue weighted by Crippen LogP contribution is -2.06. The summed E-state index contributed by atoms with van der Waals surface area (Å²) in [6.45, 7) is 3.66. The van der Waals surface area contributed by atoms with Gasteiger partial charge in [-0.1, -0.05) is 36.4 Å². The van der Waals surface area contributed by atoms with Crippen LogP contribution in [0, 0.1) is 0 Å². The zero-order valence-electron chi connectivity index (χ0n) is 9.71. The van der Waals surface area contributed by atoms with Gasteiger partial charge in [-0.3, -0.25) is 0 Å². The number of carbonyl (C=O) groups is 1. The predicted molar refractivity (Wildman–Crippen MR) is 77.1 cm³/mol. The summed E-state index contributed by atoms with van der Waals surface area (Å²) >= 11 is 5.89. The SMILES string of the molecule is C=CCOC(=O)c1ccccc1N=c1ssnc1Cl. The van der Waals surface area contributed by atoms with E-state index in [9.17, 15) is 4.79 Å². The van der Waals surface area contributed by atoms with Gasteiger partial charge in [0.25, 0.3) is 0 Å². The highest BCUT2D eigenvalue weighted by molar-refractivity contribution is 7.66. The smallest absolute Gasteiger partial charge is 0.340 e. The van der Waals surface area contributed by atoms with Crippen LogP contribution in [0.5, 0.6) is 0 Å². The molecule has 1 aromatic carbocycles. The molecule has 19 heavy (non-hydrogen) atoms. The van der Waals surface area contributed by atoms with Crippen molar-refractivity contribution in [2.24, 2.45) is 4.99 Å². The number of rotatable bonds is 4. The third kappa shape index (κ3) is 3.50. The Hall–Kier alpha value is -1.50. The number of hydrogen-bond donors (Lipinski definition) is 0. The van der Waals surface area contributed by atoms with Crippen LogP contribution in [-0.2, 0) is 4.74 Å². The van der Waals surface area contributed by atoms with Gasteiger partial charge < -0.3 is 4.74 Å². The molecule has 0 aliphatic carbocycles. The number of aromatic nitrogens is 1. The number of carbonyl (C=O) groups excluding carboxylic acids is 1. The largest absolute Gasteiger partial charge is 0.458 e. The minimum Gasteiger partial charge on any atom is -0.458 e. The molecule has 1 heterocycles. The molecular formula is C12H9ClN2O2S2. The first-order valence-corrected chi connectivity index (χ1v) is 7.74. The zero-order chi connectivity index (χ0) is 13.7. The lowest BCUT2D eigenvalue weighted by Gasteiger charge is -2.04. The fourth-order valence-corrected chi connectivity index (χ4v) is 3.28. The molecule has 0 amide bonds. The third-order valence-electron chi connectivity index (χ3n) is 2.09. The van der Waals surface area contributed by atoms with E-state index >= 15 is 0 Å². The normalized spacial score (nSPS) is 11.3. The number of ether oxygens (including phenoxy) is 1. The fraction of sp³-hybridized carbons (Fsp3) is 0.0833. The number of hydrogen-bond acceptors (Lipinski definition) is 6. The van der Waals surface area contributed by atoms with Crippen molar-refractivity contribution in [1.82, 2.24) is 4.37 Å². The van der Waals surface area contributed by atoms with Crippen molar-refractivity contribution in [3.8, 4) is 0 Å². The standard InChI is InChI=1S/C12H9ClN2O2S2/c1-2-7-17-12(16)8-5-3-4-6-9(8)14-11-10(13)15-19-18-11/h2-6H,1,7H2. The first-order valence-electron chi connectivity index (χ1n) is 5.25. The van der Waals surface area contributed by atoms with Gasteiger partial charge in [0.1, 0.15) is 6.61 Å². The van der Waals surface area contributed by atoms with E-state index in [4.69, 9.17) is 16.3 Å². The van der Waals surface area contributed by atoms with Crippen LogP contribution >= 0.6 is 32.5 Å². The number of para-hydroxylation sites is 1. The summed E-state index contributed by atoms with van der Waals surface area (Å²) in [5, 5.41) is 0.337. The molecular weight excluding hydrogens is 304 g/mol. The molecule has 0 spiro atoms. The molecule has 4 nitrogen and oxygen atoms in total. The molecule has 0 unspecified atom stereocenters. The predicted octanol–water partition coefficient (Wildman–Crippen LogP) is 3.43. The summed E-state index contributed by atoms with van der Waals surface area (Å²) in [6.07, 6.45) is 1.51. The second-order valence-electron chi connectivity index (χ2n) is 3.36. The first-order chi connectivity index (χ1) is 9.22. The highest BCUT2D eigenvalue weighted by Gasteiger charge is 2.11.